The Kier molecular flexibility index (Phi) is 3.70. The molecule has 0 aromatic heterocycles. The quantitative estimate of drug-likeness (QED) is 0.798. The standard InChI is InChI=1S/C10H13ClFN/c1-2-4-9(13)7-5-3-6-8(11)10(7)12/h3,5-6,9H,2,4,13H2,1H3. The Bertz CT molecular complexity index is 288. The summed E-state index contributed by atoms with van der Waals surface area (Å²) in [6, 6.07) is 4.68. The minimum Gasteiger partial charge on any atom is -0.324 e. The van der Waals surface area contributed by atoms with Crippen molar-refractivity contribution in [2.24, 2.45) is 5.73 Å². The second kappa shape index (κ2) is 4.58. The normalized spacial score (nSPS) is 12.9. The SMILES string of the molecule is CCCC(N)c1cccc(Cl)c1F. The van der Waals surface area contributed by atoms with E-state index in [1.165, 1.54) is 6.07 Å². The van der Waals surface area contributed by atoms with Gasteiger partial charge in [0.15, 0.2) is 0 Å². The van der Waals surface area contributed by atoms with E-state index in [9.17, 15) is 4.39 Å². The van der Waals surface area contributed by atoms with Gasteiger partial charge in [-0.1, -0.05) is 37.1 Å². The van der Waals surface area contributed by atoms with Crippen molar-refractivity contribution in [2.75, 3.05) is 0 Å². The molecule has 0 fully saturated rings. The first kappa shape index (κ1) is 10.5. The maximum atomic E-state index is 13.4. The number of nitrogens with two attached hydrogens (primary N) is 1. The Morgan fingerprint density at radius 3 is 2.85 bits per heavy atom. The summed E-state index contributed by atoms with van der Waals surface area (Å²) in [6.07, 6.45) is 1.71. The Morgan fingerprint density at radius 1 is 1.54 bits per heavy atom. The van der Waals surface area contributed by atoms with Crippen LogP contribution in [-0.2, 0) is 0 Å². The van der Waals surface area contributed by atoms with Gasteiger partial charge in [-0.05, 0) is 12.5 Å². The lowest BCUT2D eigenvalue weighted by atomic mass is 10.0. The Morgan fingerprint density at radius 2 is 2.23 bits per heavy atom. The Labute approximate surface area is 82.7 Å². The van der Waals surface area contributed by atoms with Crippen LogP contribution in [-0.4, -0.2) is 0 Å². The lowest BCUT2D eigenvalue weighted by Gasteiger charge is -2.11. The largest absolute Gasteiger partial charge is 0.324 e. The van der Waals surface area contributed by atoms with Crippen LogP contribution in [0.25, 0.3) is 0 Å². The summed E-state index contributed by atoms with van der Waals surface area (Å²) in [5, 5.41) is 0.143. The number of rotatable bonds is 3. The summed E-state index contributed by atoms with van der Waals surface area (Å²) in [5.74, 6) is -0.384. The van der Waals surface area contributed by atoms with E-state index in [0.717, 1.165) is 12.8 Å². The molecule has 72 valence electrons. The fourth-order valence-electron chi connectivity index (χ4n) is 1.27. The molecule has 1 unspecified atom stereocenters. The molecular formula is C10H13ClFN. The summed E-state index contributed by atoms with van der Waals surface area (Å²) in [4.78, 5) is 0. The molecule has 0 aliphatic heterocycles. The van der Waals surface area contributed by atoms with Gasteiger partial charge in [-0.25, -0.2) is 4.39 Å². The maximum Gasteiger partial charge on any atom is 0.146 e. The van der Waals surface area contributed by atoms with Crippen molar-refractivity contribution in [3.05, 3.63) is 34.6 Å². The van der Waals surface area contributed by atoms with E-state index in [0.29, 0.717) is 5.56 Å². The maximum absolute atomic E-state index is 13.4. The highest BCUT2D eigenvalue weighted by molar-refractivity contribution is 6.30. The highest BCUT2D eigenvalue weighted by Gasteiger charge is 2.12. The predicted molar refractivity (Wildman–Crippen MR) is 53.2 cm³/mol. The summed E-state index contributed by atoms with van der Waals surface area (Å²) in [7, 11) is 0. The van der Waals surface area contributed by atoms with Gasteiger partial charge in [0.25, 0.3) is 0 Å². The monoisotopic (exact) mass is 201 g/mol. The lowest BCUT2D eigenvalue weighted by molar-refractivity contribution is 0.560. The van der Waals surface area contributed by atoms with Crippen molar-refractivity contribution >= 4 is 11.6 Å². The molecule has 3 heteroatoms. The molecular weight excluding hydrogens is 189 g/mol. The zero-order chi connectivity index (χ0) is 9.84. The first-order chi connectivity index (χ1) is 6.16. The van der Waals surface area contributed by atoms with Gasteiger partial charge in [0.1, 0.15) is 5.82 Å². The van der Waals surface area contributed by atoms with Crippen LogP contribution in [0.15, 0.2) is 18.2 Å². The summed E-state index contributed by atoms with van der Waals surface area (Å²) >= 11 is 5.63. The van der Waals surface area contributed by atoms with Crippen molar-refractivity contribution in [1.82, 2.24) is 0 Å². The molecule has 0 radical (unpaired) electrons. The van der Waals surface area contributed by atoms with Gasteiger partial charge in [0.05, 0.1) is 5.02 Å². The fourth-order valence-corrected chi connectivity index (χ4v) is 1.46. The van der Waals surface area contributed by atoms with Gasteiger partial charge in [-0.15, -0.1) is 0 Å². The van der Waals surface area contributed by atoms with Gasteiger partial charge in [0, 0.05) is 11.6 Å². The molecule has 0 bridgehead atoms. The summed E-state index contributed by atoms with van der Waals surface area (Å²) in [6.45, 7) is 2.02. The van der Waals surface area contributed by atoms with E-state index in [4.69, 9.17) is 17.3 Å². The van der Waals surface area contributed by atoms with Gasteiger partial charge >= 0.3 is 0 Å². The lowest BCUT2D eigenvalue weighted by Crippen LogP contribution is -2.11. The third kappa shape index (κ3) is 2.42. The second-order valence-electron chi connectivity index (χ2n) is 3.04. The molecule has 0 aliphatic rings. The highest BCUT2D eigenvalue weighted by Crippen LogP contribution is 2.24. The smallest absolute Gasteiger partial charge is 0.146 e. The van der Waals surface area contributed by atoms with Crippen molar-refractivity contribution in [1.29, 1.82) is 0 Å². The van der Waals surface area contributed by atoms with Gasteiger partial charge in [-0.2, -0.15) is 0 Å². The van der Waals surface area contributed by atoms with E-state index in [2.05, 4.69) is 0 Å². The highest BCUT2D eigenvalue weighted by atomic mass is 35.5. The van der Waals surface area contributed by atoms with Crippen LogP contribution in [0.5, 0.6) is 0 Å². The number of halogens is 2. The average molecular weight is 202 g/mol. The molecule has 2 N–H and O–H groups in total. The van der Waals surface area contributed by atoms with E-state index in [-0.39, 0.29) is 16.9 Å². The van der Waals surface area contributed by atoms with E-state index < -0.39 is 0 Å². The van der Waals surface area contributed by atoms with Crippen LogP contribution in [0, 0.1) is 5.82 Å². The van der Waals surface area contributed by atoms with Crippen LogP contribution in [0.4, 0.5) is 4.39 Å². The molecule has 0 aliphatic carbocycles. The molecule has 0 heterocycles. The van der Waals surface area contributed by atoms with E-state index in [1.807, 2.05) is 6.92 Å². The molecule has 1 atom stereocenters. The van der Waals surface area contributed by atoms with Gasteiger partial charge < -0.3 is 5.73 Å². The zero-order valence-corrected chi connectivity index (χ0v) is 8.31. The third-order valence-electron chi connectivity index (χ3n) is 1.98. The molecule has 1 nitrogen and oxygen atoms in total. The van der Waals surface area contributed by atoms with Crippen molar-refractivity contribution in [2.45, 2.75) is 25.8 Å². The molecule has 0 saturated heterocycles. The Balaban J connectivity index is 2.93. The van der Waals surface area contributed by atoms with Crippen LogP contribution < -0.4 is 5.73 Å². The van der Waals surface area contributed by atoms with Crippen molar-refractivity contribution < 1.29 is 4.39 Å². The van der Waals surface area contributed by atoms with Gasteiger partial charge in [-0.3, -0.25) is 0 Å². The van der Waals surface area contributed by atoms with Crippen LogP contribution >= 0.6 is 11.6 Å². The third-order valence-corrected chi connectivity index (χ3v) is 2.27. The second-order valence-corrected chi connectivity index (χ2v) is 3.45. The summed E-state index contributed by atoms with van der Waals surface area (Å²) in [5.41, 5.74) is 6.29. The topological polar surface area (TPSA) is 26.0 Å². The Hall–Kier alpha value is -0.600. The molecule has 1 aromatic rings. The first-order valence-corrected chi connectivity index (χ1v) is 4.74. The van der Waals surface area contributed by atoms with Gasteiger partial charge in [0.2, 0.25) is 0 Å². The minimum atomic E-state index is -0.384. The van der Waals surface area contributed by atoms with Crippen LogP contribution in [0.3, 0.4) is 0 Å². The van der Waals surface area contributed by atoms with E-state index in [1.54, 1.807) is 12.1 Å². The molecule has 0 spiro atoms. The molecule has 13 heavy (non-hydrogen) atoms. The zero-order valence-electron chi connectivity index (χ0n) is 7.56. The molecule has 1 aromatic carbocycles. The molecule has 0 saturated carbocycles. The summed E-state index contributed by atoms with van der Waals surface area (Å²) < 4.78 is 13.4. The molecule has 1 rings (SSSR count). The minimum absolute atomic E-state index is 0.143. The van der Waals surface area contributed by atoms with Crippen molar-refractivity contribution in [3.8, 4) is 0 Å². The number of hydrogen-bond donors (Lipinski definition) is 1. The van der Waals surface area contributed by atoms with Crippen molar-refractivity contribution in [3.63, 3.8) is 0 Å². The fraction of sp³-hybridized carbons (Fsp3) is 0.400. The van der Waals surface area contributed by atoms with E-state index >= 15 is 0 Å². The average Bonchev–Trinajstić information content (AvgIpc) is 2.10. The number of benzene rings is 1. The predicted octanol–water partition coefficient (Wildman–Crippen LogP) is 3.28. The molecule has 0 amide bonds. The first-order valence-electron chi connectivity index (χ1n) is 4.36. The van der Waals surface area contributed by atoms with Crippen LogP contribution in [0.2, 0.25) is 5.02 Å². The van der Waals surface area contributed by atoms with Crippen LogP contribution in [0.1, 0.15) is 31.4 Å². The number of hydrogen-bond acceptors (Lipinski definition) is 1.